The Morgan fingerprint density at radius 3 is 2.11 bits per heavy atom. The van der Waals surface area contributed by atoms with Gasteiger partial charge in [0.15, 0.2) is 0 Å². The van der Waals surface area contributed by atoms with E-state index in [0.29, 0.717) is 24.5 Å². The summed E-state index contributed by atoms with van der Waals surface area (Å²) >= 11 is 0. The van der Waals surface area contributed by atoms with Gasteiger partial charge in [-0.2, -0.15) is 13.2 Å². The molecule has 0 saturated heterocycles. The number of aromatic nitrogens is 2. The number of aromatic amines is 1. The van der Waals surface area contributed by atoms with Crippen LogP contribution in [-0.2, 0) is 12.7 Å². The van der Waals surface area contributed by atoms with Crippen molar-refractivity contribution in [2.75, 3.05) is 32.8 Å². The van der Waals surface area contributed by atoms with Crippen LogP contribution in [0.25, 0.3) is 21.8 Å². The van der Waals surface area contributed by atoms with E-state index in [1.807, 2.05) is 19.9 Å². The fraction of sp³-hybridized carbons (Fsp3) is 0.593. The fourth-order valence-corrected chi connectivity index (χ4v) is 5.14. The predicted molar refractivity (Wildman–Crippen MR) is 137 cm³/mol. The highest BCUT2D eigenvalue weighted by atomic mass is 19.4. The molecule has 6 nitrogen and oxygen atoms in total. The zero-order valence-corrected chi connectivity index (χ0v) is 21.3. The Balaban J connectivity index is 1.59. The zero-order chi connectivity index (χ0) is 26.3. The van der Waals surface area contributed by atoms with E-state index in [4.69, 9.17) is 10.2 Å². The maximum atomic E-state index is 13.8. The van der Waals surface area contributed by atoms with E-state index in [0.717, 1.165) is 74.8 Å². The van der Waals surface area contributed by atoms with Crippen molar-refractivity contribution in [3.63, 3.8) is 0 Å². The van der Waals surface area contributed by atoms with Crippen LogP contribution < -0.4 is 5.56 Å². The van der Waals surface area contributed by atoms with Gasteiger partial charge < -0.3 is 19.8 Å². The van der Waals surface area contributed by atoms with Crippen LogP contribution in [0, 0.1) is 13.8 Å². The zero-order valence-electron chi connectivity index (χ0n) is 21.3. The number of fused-ring (bicyclic) bond motifs is 3. The summed E-state index contributed by atoms with van der Waals surface area (Å²) in [6.07, 6.45) is 2.93. The monoisotopic (exact) mass is 509 g/mol. The molecule has 2 heterocycles. The highest BCUT2D eigenvalue weighted by Gasteiger charge is 2.34. The third kappa shape index (κ3) is 6.69. The molecule has 0 spiro atoms. The second kappa shape index (κ2) is 12.7. The molecule has 2 aromatic heterocycles. The van der Waals surface area contributed by atoms with Crippen molar-refractivity contribution in [3.8, 4) is 0 Å². The maximum absolute atomic E-state index is 13.8. The van der Waals surface area contributed by atoms with Crippen LogP contribution in [0.4, 0.5) is 13.2 Å². The van der Waals surface area contributed by atoms with E-state index in [-0.39, 0.29) is 24.1 Å². The van der Waals surface area contributed by atoms with Crippen molar-refractivity contribution in [2.45, 2.75) is 71.5 Å². The molecule has 0 unspecified atom stereocenters. The van der Waals surface area contributed by atoms with Crippen LogP contribution in [0.1, 0.15) is 61.8 Å². The largest absolute Gasteiger partial charge is 0.417 e. The second-order valence-corrected chi connectivity index (χ2v) is 9.55. The minimum atomic E-state index is -4.61. The first-order valence-electron chi connectivity index (χ1n) is 12.9. The van der Waals surface area contributed by atoms with Gasteiger partial charge in [-0.05, 0) is 50.9 Å². The summed E-state index contributed by atoms with van der Waals surface area (Å²) in [5, 5.41) is 18.8. The molecule has 1 aromatic carbocycles. The minimum Gasteiger partial charge on any atom is -0.395 e. The lowest BCUT2D eigenvalue weighted by atomic mass is 10.0. The Bertz CT molecular complexity index is 1190. The third-order valence-electron chi connectivity index (χ3n) is 7.09. The van der Waals surface area contributed by atoms with Gasteiger partial charge in [0.05, 0.1) is 18.8 Å². The van der Waals surface area contributed by atoms with Crippen molar-refractivity contribution in [1.82, 2.24) is 14.5 Å². The summed E-state index contributed by atoms with van der Waals surface area (Å²) in [6.45, 7) is 6.82. The fourth-order valence-electron chi connectivity index (χ4n) is 5.14. The third-order valence-corrected chi connectivity index (χ3v) is 7.09. The minimum absolute atomic E-state index is 0.0653. The molecule has 0 atom stereocenters. The van der Waals surface area contributed by atoms with Crippen LogP contribution in [-0.4, -0.2) is 57.5 Å². The molecule has 0 saturated carbocycles. The number of hydrogen-bond acceptors (Lipinski definition) is 4. The number of aryl methyl sites for hydroxylation is 2. The quantitative estimate of drug-likeness (QED) is 0.263. The lowest BCUT2D eigenvalue weighted by Crippen LogP contribution is -2.30. The highest BCUT2D eigenvalue weighted by Crippen LogP contribution is 2.39. The van der Waals surface area contributed by atoms with Gasteiger partial charge in [-0.15, -0.1) is 0 Å². The molecule has 3 N–H and O–H groups in total. The number of alkyl halides is 3. The standard InChI is InChI=1S/C27H38F3N3O3/c1-19-20(2)33(13-9-7-5-3-4-6-8-12-32(14-16-34)15-17-35)23-11-10-22-26(25(19)23)21(27(28,29)30)18-24(36)31-22/h10-11,18,34-35H,3-9,12-17H2,1-2H3,(H,31,36). The molecule has 0 aliphatic rings. The summed E-state index contributed by atoms with van der Waals surface area (Å²) < 4.78 is 43.5. The SMILES string of the molecule is Cc1c(C)n(CCCCCCCCCN(CCO)CCO)c2ccc3[nH]c(=O)cc(C(F)(F)F)c3c12. The molecule has 3 rings (SSSR count). The molecule has 0 fully saturated rings. The van der Waals surface area contributed by atoms with Gasteiger partial charge >= 0.3 is 6.18 Å². The highest BCUT2D eigenvalue weighted by molar-refractivity contribution is 6.09. The molecule has 3 aromatic rings. The van der Waals surface area contributed by atoms with E-state index in [9.17, 15) is 18.0 Å². The Morgan fingerprint density at radius 2 is 1.50 bits per heavy atom. The number of pyridine rings is 1. The van der Waals surface area contributed by atoms with Gasteiger partial charge in [0, 0.05) is 53.2 Å². The lowest BCUT2D eigenvalue weighted by molar-refractivity contribution is -0.136. The topological polar surface area (TPSA) is 81.5 Å². The second-order valence-electron chi connectivity index (χ2n) is 9.55. The summed E-state index contributed by atoms with van der Waals surface area (Å²) in [4.78, 5) is 16.5. The first kappa shape index (κ1) is 28.2. The number of aliphatic hydroxyl groups excluding tert-OH is 2. The Labute approximate surface area is 209 Å². The number of nitrogens with one attached hydrogen (secondary N) is 1. The van der Waals surface area contributed by atoms with Gasteiger partial charge in [0.1, 0.15) is 0 Å². The summed E-state index contributed by atoms with van der Waals surface area (Å²) in [6, 6.07) is 4.04. The number of rotatable bonds is 14. The summed E-state index contributed by atoms with van der Waals surface area (Å²) in [5.41, 5.74) is 1.10. The van der Waals surface area contributed by atoms with E-state index in [1.165, 1.54) is 0 Å². The number of H-pyrrole nitrogens is 1. The van der Waals surface area contributed by atoms with Crippen molar-refractivity contribution >= 4 is 21.8 Å². The van der Waals surface area contributed by atoms with E-state index in [2.05, 4.69) is 14.5 Å². The molecule has 200 valence electrons. The van der Waals surface area contributed by atoms with Gasteiger partial charge in [-0.1, -0.05) is 32.1 Å². The van der Waals surface area contributed by atoms with Crippen LogP contribution in [0.3, 0.4) is 0 Å². The Kier molecular flexibility index (Phi) is 9.99. The average molecular weight is 510 g/mol. The normalized spacial score (nSPS) is 12.4. The van der Waals surface area contributed by atoms with Crippen LogP contribution in [0.15, 0.2) is 23.0 Å². The molecule has 36 heavy (non-hydrogen) atoms. The van der Waals surface area contributed by atoms with E-state index >= 15 is 0 Å². The lowest BCUT2D eigenvalue weighted by Gasteiger charge is -2.19. The number of halogens is 3. The molecule has 0 bridgehead atoms. The molecule has 0 aliphatic carbocycles. The van der Waals surface area contributed by atoms with E-state index < -0.39 is 17.3 Å². The predicted octanol–water partition coefficient (Wildman–Crippen LogP) is 5.14. The Hall–Kier alpha value is -2.36. The van der Waals surface area contributed by atoms with E-state index in [1.54, 1.807) is 6.07 Å². The molecule has 0 radical (unpaired) electrons. The molecular formula is C27H38F3N3O3. The van der Waals surface area contributed by atoms with Crippen molar-refractivity contribution in [3.05, 3.63) is 45.4 Å². The van der Waals surface area contributed by atoms with Crippen molar-refractivity contribution < 1.29 is 23.4 Å². The molecule has 9 heteroatoms. The van der Waals surface area contributed by atoms with Crippen molar-refractivity contribution in [2.24, 2.45) is 0 Å². The van der Waals surface area contributed by atoms with Gasteiger partial charge in [-0.25, -0.2) is 0 Å². The number of nitrogens with zero attached hydrogens (tertiary/aromatic N) is 2. The van der Waals surface area contributed by atoms with Crippen LogP contribution in [0.5, 0.6) is 0 Å². The maximum Gasteiger partial charge on any atom is 0.417 e. The van der Waals surface area contributed by atoms with Crippen LogP contribution >= 0.6 is 0 Å². The smallest absolute Gasteiger partial charge is 0.395 e. The first-order valence-corrected chi connectivity index (χ1v) is 12.9. The van der Waals surface area contributed by atoms with Gasteiger partial charge in [0.25, 0.3) is 0 Å². The number of hydrogen-bond donors (Lipinski definition) is 3. The van der Waals surface area contributed by atoms with Crippen LogP contribution in [0.2, 0.25) is 0 Å². The average Bonchev–Trinajstić information content (AvgIpc) is 3.06. The number of aliphatic hydroxyl groups is 2. The number of benzene rings is 1. The summed E-state index contributed by atoms with van der Waals surface area (Å²) in [5.74, 6) is 0. The molecular weight excluding hydrogens is 471 g/mol. The van der Waals surface area contributed by atoms with Crippen molar-refractivity contribution in [1.29, 1.82) is 0 Å². The summed E-state index contributed by atoms with van der Waals surface area (Å²) in [7, 11) is 0. The van der Waals surface area contributed by atoms with Gasteiger partial charge in [-0.3, -0.25) is 9.69 Å². The number of unbranched alkanes of at least 4 members (excludes halogenated alkanes) is 6. The van der Waals surface area contributed by atoms with Gasteiger partial charge in [0.2, 0.25) is 5.56 Å². The first-order chi connectivity index (χ1) is 17.2. The Morgan fingerprint density at radius 1 is 0.889 bits per heavy atom. The molecule has 0 aliphatic heterocycles. The molecule has 0 amide bonds.